The number of aromatic nitrogens is 4. The molecule has 9 rings (SSSR count). The van der Waals surface area contributed by atoms with Crippen molar-refractivity contribution in [2.75, 3.05) is 0 Å². The van der Waals surface area contributed by atoms with Crippen LogP contribution in [0.2, 0.25) is 0 Å². The van der Waals surface area contributed by atoms with E-state index in [4.69, 9.17) is 19.4 Å². The van der Waals surface area contributed by atoms with Crippen LogP contribution >= 0.6 is 0 Å². The normalized spacial score (nSPS) is 11.5. The van der Waals surface area contributed by atoms with E-state index in [0.717, 1.165) is 54.8 Å². The fourth-order valence-electron chi connectivity index (χ4n) is 6.36. The Kier molecular flexibility index (Phi) is 5.77. The monoisotopic (exact) mass is 589 g/mol. The Morgan fingerprint density at radius 2 is 1.11 bits per heavy atom. The van der Waals surface area contributed by atoms with Gasteiger partial charge in [0.15, 0.2) is 11.6 Å². The van der Waals surface area contributed by atoms with E-state index in [1.54, 1.807) is 0 Å². The van der Waals surface area contributed by atoms with Crippen LogP contribution in [0.4, 0.5) is 0 Å². The zero-order valence-corrected chi connectivity index (χ0v) is 24.4. The molecule has 0 atom stereocenters. The van der Waals surface area contributed by atoms with Gasteiger partial charge in [0.25, 0.3) is 0 Å². The van der Waals surface area contributed by atoms with Gasteiger partial charge in [-0.3, -0.25) is 4.57 Å². The molecule has 3 heterocycles. The molecule has 0 bridgehead atoms. The second-order valence-corrected chi connectivity index (χ2v) is 11.2. The van der Waals surface area contributed by atoms with Crippen LogP contribution in [0.3, 0.4) is 0 Å². The third-order valence-electron chi connectivity index (χ3n) is 8.53. The smallest absolute Gasteiger partial charge is 0.238 e. The molecule has 0 saturated heterocycles. The lowest BCUT2D eigenvalue weighted by Crippen LogP contribution is -2.06. The SMILES string of the molecule is N#Cc1cccc2oc3ccc(-c4nc(-c5ccc(-c6ccccc6)cc5)nc(-n5c6ccccc6c6ccccc65)n4)cc3c12. The van der Waals surface area contributed by atoms with Crippen molar-refractivity contribution in [2.45, 2.75) is 0 Å². The maximum absolute atomic E-state index is 9.84. The van der Waals surface area contributed by atoms with E-state index in [9.17, 15) is 5.26 Å². The average Bonchev–Trinajstić information content (AvgIpc) is 3.67. The van der Waals surface area contributed by atoms with E-state index < -0.39 is 0 Å². The first-order chi connectivity index (χ1) is 22.7. The molecule has 0 amide bonds. The summed E-state index contributed by atoms with van der Waals surface area (Å²) in [7, 11) is 0. The van der Waals surface area contributed by atoms with Gasteiger partial charge in [-0.2, -0.15) is 15.2 Å². The van der Waals surface area contributed by atoms with E-state index in [-0.39, 0.29) is 0 Å². The first-order valence-corrected chi connectivity index (χ1v) is 15.0. The van der Waals surface area contributed by atoms with Crippen LogP contribution in [0.5, 0.6) is 0 Å². The van der Waals surface area contributed by atoms with Gasteiger partial charge in [0.2, 0.25) is 5.95 Å². The zero-order chi connectivity index (χ0) is 30.6. The van der Waals surface area contributed by atoms with Gasteiger partial charge in [0.05, 0.1) is 22.7 Å². The molecule has 6 heteroatoms. The third kappa shape index (κ3) is 4.07. The Balaban J connectivity index is 1.29. The van der Waals surface area contributed by atoms with Crippen molar-refractivity contribution in [2.24, 2.45) is 0 Å². The molecule has 0 radical (unpaired) electrons. The fourth-order valence-corrected chi connectivity index (χ4v) is 6.36. The lowest BCUT2D eigenvalue weighted by atomic mass is 10.0. The van der Waals surface area contributed by atoms with Crippen LogP contribution in [-0.4, -0.2) is 19.5 Å². The standard InChI is InChI=1S/C40H23N5O/c41-24-29-11-8-16-36-37(29)32-23-28(21-22-35(32)46-36)39-42-38(27-19-17-26(18-20-27)25-9-2-1-3-10-25)43-40(44-39)45-33-14-6-4-12-30(33)31-13-5-7-15-34(31)45/h1-23H. The van der Waals surface area contributed by atoms with Crippen molar-refractivity contribution in [1.82, 2.24) is 19.5 Å². The second-order valence-electron chi connectivity index (χ2n) is 11.2. The molecule has 0 spiro atoms. The Morgan fingerprint density at radius 1 is 0.500 bits per heavy atom. The van der Waals surface area contributed by atoms with Gasteiger partial charge in [-0.15, -0.1) is 0 Å². The van der Waals surface area contributed by atoms with E-state index in [1.807, 2.05) is 66.7 Å². The van der Waals surface area contributed by atoms with Crippen LogP contribution < -0.4 is 0 Å². The van der Waals surface area contributed by atoms with Gasteiger partial charge in [-0.1, -0.05) is 97.1 Å². The summed E-state index contributed by atoms with van der Waals surface area (Å²) in [4.78, 5) is 15.2. The number of para-hydroxylation sites is 2. The maximum Gasteiger partial charge on any atom is 0.238 e. The van der Waals surface area contributed by atoms with Crippen LogP contribution in [0.1, 0.15) is 5.56 Å². The second kappa shape index (κ2) is 10.3. The summed E-state index contributed by atoms with van der Waals surface area (Å²) in [5, 5.41) is 13.7. The molecule has 6 aromatic carbocycles. The summed E-state index contributed by atoms with van der Waals surface area (Å²) < 4.78 is 8.21. The third-order valence-corrected chi connectivity index (χ3v) is 8.53. The molecule has 0 aliphatic heterocycles. The predicted octanol–water partition coefficient (Wildman–Crippen LogP) is 9.74. The number of hydrogen-bond acceptors (Lipinski definition) is 5. The molecular weight excluding hydrogens is 566 g/mol. The fraction of sp³-hybridized carbons (Fsp3) is 0. The number of rotatable bonds is 4. The minimum atomic E-state index is 0.527. The largest absolute Gasteiger partial charge is 0.456 e. The molecule has 0 saturated carbocycles. The Hall–Kier alpha value is -6.58. The number of benzene rings is 6. The van der Waals surface area contributed by atoms with E-state index in [2.05, 4.69) is 83.4 Å². The Labute approximate surface area is 263 Å². The lowest BCUT2D eigenvalue weighted by molar-refractivity contribution is 0.669. The molecule has 0 N–H and O–H groups in total. The van der Waals surface area contributed by atoms with Crippen LogP contribution in [0.15, 0.2) is 144 Å². The summed E-state index contributed by atoms with van der Waals surface area (Å²) in [5.41, 5.74) is 7.92. The van der Waals surface area contributed by atoms with Gasteiger partial charge in [-0.25, -0.2) is 4.98 Å². The highest BCUT2D eigenvalue weighted by Gasteiger charge is 2.19. The Bertz CT molecular complexity index is 2590. The van der Waals surface area contributed by atoms with E-state index in [0.29, 0.717) is 34.3 Å². The summed E-state index contributed by atoms with van der Waals surface area (Å²) in [6, 6.07) is 49.0. The molecular formula is C40H23N5O. The number of nitrogens with zero attached hydrogens (tertiary/aromatic N) is 5. The lowest BCUT2D eigenvalue weighted by Gasteiger charge is -2.11. The van der Waals surface area contributed by atoms with Crippen molar-refractivity contribution < 1.29 is 4.42 Å². The number of furan rings is 1. The summed E-state index contributed by atoms with van der Waals surface area (Å²) in [6.45, 7) is 0. The molecule has 0 aliphatic rings. The molecule has 0 unspecified atom stereocenters. The Morgan fingerprint density at radius 3 is 1.83 bits per heavy atom. The summed E-state index contributed by atoms with van der Waals surface area (Å²) >= 11 is 0. The first-order valence-electron chi connectivity index (χ1n) is 15.0. The zero-order valence-electron chi connectivity index (χ0n) is 24.4. The van der Waals surface area contributed by atoms with E-state index >= 15 is 0 Å². The highest BCUT2D eigenvalue weighted by atomic mass is 16.3. The van der Waals surface area contributed by atoms with E-state index in [1.165, 1.54) is 0 Å². The van der Waals surface area contributed by atoms with Gasteiger partial charge in [0.1, 0.15) is 11.2 Å². The van der Waals surface area contributed by atoms with Crippen molar-refractivity contribution in [3.05, 3.63) is 145 Å². The van der Waals surface area contributed by atoms with Crippen LogP contribution in [0, 0.1) is 11.3 Å². The van der Waals surface area contributed by atoms with Crippen molar-refractivity contribution in [1.29, 1.82) is 5.26 Å². The number of hydrogen-bond donors (Lipinski definition) is 0. The minimum absolute atomic E-state index is 0.527. The highest BCUT2D eigenvalue weighted by Crippen LogP contribution is 2.36. The molecule has 9 aromatic rings. The quantitative estimate of drug-likeness (QED) is 0.204. The van der Waals surface area contributed by atoms with Gasteiger partial charge in [-0.05, 0) is 53.6 Å². The molecule has 3 aromatic heterocycles. The number of nitriles is 1. The van der Waals surface area contributed by atoms with Crippen molar-refractivity contribution >= 4 is 43.7 Å². The molecule has 46 heavy (non-hydrogen) atoms. The summed E-state index contributed by atoms with van der Waals surface area (Å²) in [5.74, 6) is 1.62. The molecule has 0 fully saturated rings. The average molecular weight is 590 g/mol. The van der Waals surface area contributed by atoms with Gasteiger partial charge < -0.3 is 4.42 Å². The summed E-state index contributed by atoms with van der Waals surface area (Å²) in [6.07, 6.45) is 0. The van der Waals surface area contributed by atoms with Gasteiger partial charge >= 0.3 is 0 Å². The first kappa shape index (κ1) is 25.9. The van der Waals surface area contributed by atoms with Crippen molar-refractivity contribution in [3.63, 3.8) is 0 Å². The van der Waals surface area contributed by atoms with Crippen LogP contribution in [0.25, 0.3) is 83.6 Å². The minimum Gasteiger partial charge on any atom is -0.456 e. The predicted molar refractivity (Wildman–Crippen MR) is 182 cm³/mol. The maximum atomic E-state index is 9.84. The van der Waals surface area contributed by atoms with Crippen molar-refractivity contribution in [3.8, 4) is 45.9 Å². The molecule has 6 nitrogen and oxygen atoms in total. The topological polar surface area (TPSA) is 80.5 Å². The number of fused-ring (bicyclic) bond motifs is 6. The molecule has 0 aliphatic carbocycles. The highest BCUT2D eigenvalue weighted by molar-refractivity contribution is 6.10. The van der Waals surface area contributed by atoms with Gasteiger partial charge in [0, 0.05) is 32.7 Å². The van der Waals surface area contributed by atoms with Crippen LogP contribution in [-0.2, 0) is 0 Å². The molecule has 214 valence electrons.